The smallest absolute Gasteiger partial charge is 0.0701 e. The minimum Gasteiger partial charge on any atom is -0.324 e. The second-order valence-corrected chi connectivity index (χ2v) is 7.54. The Morgan fingerprint density at radius 3 is 2.75 bits per heavy atom. The Labute approximate surface area is 133 Å². The molecule has 20 heavy (non-hydrogen) atoms. The molecular weight excluding hydrogens is 332 g/mol. The molecule has 0 radical (unpaired) electrons. The van der Waals surface area contributed by atoms with Gasteiger partial charge in [-0.15, -0.1) is 11.3 Å². The molecule has 2 aromatic rings. The molecule has 0 aliphatic rings. The highest BCUT2D eigenvalue weighted by molar-refractivity contribution is 9.11. The molecule has 0 saturated carbocycles. The first-order chi connectivity index (χ1) is 9.56. The van der Waals surface area contributed by atoms with Crippen molar-refractivity contribution in [1.82, 2.24) is 4.90 Å². The molecule has 0 aliphatic heterocycles. The van der Waals surface area contributed by atoms with Gasteiger partial charge in [-0.3, -0.25) is 0 Å². The minimum atomic E-state index is 0.118. The summed E-state index contributed by atoms with van der Waals surface area (Å²) in [5, 5.41) is 2.20. The maximum Gasteiger partial charge on any atom is 0.0701 e. The number of hydrogen-bond donors (Lipinski definition) is 1. The molecule has 1 unspecified atom stereocenters. The first kappa shape index (κ1) is 15.7. The molecule has 0 bridgehead atoms. The van der Waals surface area contributed by atoms with E-state index in [9.17, 15) is 0 Å². The third-order valence-electron chi connectivity index (χ3n) is 3.48. The summed E-state index contributed by atoms with van der Waals surface area (Å²) in [6.45, 7) is 4.10. The summed E-state index contributed by atoms with van der Waals surface area (Å²) < 4.78 is 1.19. The van der Waals surface area contributed by atoms with E-state index in [-0.39, 0.29) is 6.04 Å². The number of halogens is 1. The number of nitrogens with zero attached hydrogens (tertiary/aromatic N) is 1. The fourth-order valence-electron chi connectivity index (χ4n) is 2.34. The molecule has 4 heteroatoms. The van der Waals surface area contributed by atoms with Crippen LogP contribution in [0.4, 0.5) is 0 Å². The molecule has 2 rings (SSSR count). The van der Waals surface area contributed by atoms with Crippen LogP contribution in [0.5, 0.6) is 0 Å². The van der Waals surface area contributed by atoms with Gasteiger partial charge in [0.05, 0.1) is 3.79 Å². The fraction of sp³-hybridized carbons (Fsp3) is 0.375. The second-order valence-electron chi connectivity index (χ2n) is 5.25. The molecule has 2 nitrogen and oxygen atoms in total. The van der Waals surface area contributed by atoms with Crippen LogP contribution in [0.3, 0.4) is 0 Å². The van der Waals surface area contributed by atoms with E-state index in [1.54, 1.807) is 11.3 Å². The topological polar surface area (TPSA) is 29.3 Å². The van der Waals surface area contributed by atoms with Crippen LogP contribution in [0.15, 0.2) is 39.5 Å². The minimum absolute atomic E-state index is 0.118. The van der Waals surface area contributed by atoms with E-state index in [0.29, 0.717) is 0 Å². The number of thiophene rings is 1. The average molecular weight is 353 g/mol. The Hall–Kier alpha value is -0.680. The number of nitrogens with two attached hydrogens (primary N) is 1. The second kappa shape index (κ2) is 7.36. The van der Waals surface area contributed by atoms with Crippen LogP contribution >= 0.6 is 27.3 Å². The van der Waals surface area contributed by atoms with Gasteiger partial charge in [-0.2, -0.15) is 0 Å². The van der Waals surface area contributed by atoms with Crippen LogP contribution in [-0.2, 0) is 6.54 Å². The molecule has 0 amide bonds. The standard InChI is InChI=1S/C16H21BrN2S/c1-12-5-3-4-6-14(12)15(18)7-8-19(2)10-13-9-16(17)20-11-13/h3-6,9,11,15H,7-8,10,18H2,1-2H3. The van der Waals surface area contributed by atoms with Gasteiger partial charge in [-0.1, -0.05) is 24.3 Å². The summed E-state index contributed by atoms with van der Waals surface area (Å²) in [6, 6.07) is 10.7. The highest BCUT2D eigenvalue weighted by Gasteiger charge is 2.10. The zero-order chi connectivity index (χ0) is 14.5. The van der Waals surface area contributed by atoms with Crippen LogP contribution in [0.25, 0.3) is 0 Å². The quantitative estimate of drug-likeness (QED) is 0.837. The van der Waals surface area contributed by atoms with Crippen LogP contribution in [-0.4, -0.2) is 18.5 Å². The van der Waals surface area contributed by atoms with Gasteiger partial charge < -0.3 is 10.6 Å². The van der Waals surface area contributed by atoms with Gasteiger partial charge in [0.1, 0.15) is 0 Å². The van der Waals surface area contributed by atoms with E-state index in [2.05, 4.69) is 70.5 Å². The van der Waals surface area contributed by atoms with Gasteiger partial charge >= 0.3 is 0 Å². The zero-order valence-electron chi connectivity index (χ0n) is 12.0. The van der Waals surface area contributed by atoms with Crippen molar-refractivity contribution in [2.24, 2.45) is 5.73 Å². The SMILES string of the molecule is Cc1ccccc1C(N)CCN(C)Cc1csc(Br)c1. The van der Waals surface area contributed by atoms with Crippen molar-refractivity contribution in [3.05, 3.63) is 56.2 Å². The number of rotatable bonds is 6. The Balaban J connectivity index is 1.84. The lowest BCUT2D eigenvalue weighted by Gasteiger charge is -2.20. The van der Waals surface area contributed by atoms with Crippen LogP contribution in [0.2, 0.25) is 0 Å². The lowest BCUT2D eigenvalue weighted by Crippen LogP contribution is -2.23. The Morgan fingerprint density at radius 2 is 2.10 bits per heavy atom. The highest BCUT2D eigenvalue weighted by atomic mass is 79.9. The van der Waals surface area contributed by atoms with E-state index in [4.69, 9.17) is 5.73 Å². The summed E-state index contributed by atoms with van der Waals surface area (Å²) in [4.78, 5) is 2.33. The van der Waals surface area contributed by atoms with Crippen molar-refractivity contribution in [1.29, 1.82) is 0 Å². The van der Waals surface area contributed by atoms with E-state index in [0.717, 1.165) is 19.5 Å². The van der Waals surface area contributed by atoms with Gasteiger partial charge in [0.15, 0.2) is 0 Å². The van der Waals surface area contributed by atoms with E-state index < -0.39 is 0 Å². The molecule has 1 heterocycles. The van der Waals surface area contributed by atoms with Gasteiger partial charge in [0.2, 0.25) is 0 Å². The summed E-state index contributed by atoms with van der Waals surface area (Å²) in [5.74, 6) is 0. The Kier molecular flexibility index (Phi) is 5.78. The van der Waals surface area contributed by atoms with Gasteiger partial charge in [-0.05, 0) is 71.0 Å². The van der Waals surface area contributed by atoms with Crippen molar-refractivity contribution >= 4 is 27.3 Å². The average Bonchev–Trinajstić information content (AvgIpc) is 2.82. The zero-order valence-corrected chi connectivity index (χ0v) is 14.4. The molecule has 1 aromatic carbocycles. The third-order valence-corrected chi connectivity index (χ3v) is 5.04. The summed E-state index contributed by atoms with van der Waals surface area (Å²) in [7, 11) is 2.15. The highest BCUT2D eigenvalue weighted by Crippen LogP contribution is 2.22. The molecule has 0 saturated heterocycles. The van der Waals surface area contributed by atoms with Gasteiger partial charge in [-0.25, -0.2) is 0 Å². The van der Waals surface area contributed by atoms with E-state index >= 15 is 0 Å². The van der Waals surface area contributed by atoms with Crippen molar-refractivity contribution in [3.8, 4) is 0 Å². The normalized spacial score (nSPS) is 12.8. The molecule has 2 N–H and O–H groups in total. The Morgan fingerprint density at radius 1 is 1.35 bits per heavy atom. The summed E-state index contributed by atoms with van der Waals surface area (Å²) in [5.41, 5.74) is 10.2. The van der Waals surface area contributed by atoms with Crippen LogP contribution in [0.1, 0.15) is 29.2 Å². The van der Waals surface area contributed by atoms with Crippen molar-refractivity contribution < 1.29 is 0 Å². The largest absolute Gasteiger partial charge is 0.324 e. The summed E-state index contributed by atoms with van der Waals surface area (Å²) >= 11 is 5.24. The Bertz CT molecular complexity index is 553. The molecule has 0 aliphatic carbocycles. The molecule has 1 atom stereocenters. The van der Waals surface area contributed by atoms with Crippen LogP contribution in [0, 0.1) is 6.92 Å². The van der Waals surface area contributed by atoms with Crippen molar-refractivity contribution in [2.45, 2.75) is 25.9 Å². The molecule has 0 fully saturated rings. The van der Waals surface area contributed by atoms with E-state index in [1.165, 1.54) is 20.5 Å². The number of benzene rings is 1. The maximum absolute atomic E-state index is 6.31. The maximum atomic E-state index is 6.31. The number of hydrogen-bond acceptors (Lipinski definition) is 3. The predicted octanol–water partition coefficient (Wildman–Crippen LogP) is 4.34. The van der Waals surface area contributed by atoms with Crippen molar-refractivity contribution in [3.63, 3.8) is 0 Å². The lowest BCUT2D eigenvalue weighted by molar-refractivity contribution is 0.311. The number of aryl methyl sites for hydroxylation is 1. The molecular formula is C16H21BrN2S. The first-order valence-corrected chi connectivity index (χ1v) is 8.46. The summed E-state index contributed by atoms with van der Waals surface area (Å²) in [6.07, 6.45) is 0.979. The lowest BCUT2D eigenvalue weighted by atomic mass is 9.99. The van der Waals surface area contributed by atoms with Gasteiger partial charge in [0, 0.05) is 12.6 Å². The van der Waals surface area contributed by atoms with Crippen molar-refractivity contribution in [2.75, 3.05) is 13.6 Å². The molecule has 0 spiro atoms. The predicted molar refractivity (Wildman–Crippen MR) is 91.1 cm³/mol. The molecule has 1 aromatic heterocycles. The third kappa shape index (κ3) is 4.42. The van der Waals surface area contributed by atoms with E-state index in [1.807, 2.05) is 0 Å². The van der Waals surface area contributed by atoms with Crippen LogP contribution < -0.4 is 5.73 Å². The van der Waals surface area contributed by atoms with Gasteiger partial charge in [0.25, 0.3) is 0 Å². The fourth-order valence-corrected chi connectivity index (χ4v) is 3.54. The monoisotopic (exact) mass is 352 g/mol. The molecule has 108 valence electrons. The first-order valence-electron chi connectivity index (χ1n) is 6.79.